The van der Waals surface area contributed by atoms with Gasteiger partial charge in [-0.15, -0.1) is 11.8 Å². The van der Waals surface area contributed by atoms with Crippen LogP contribution < -0.4 is 10.5 Å². The predicted molar refractivity (Wildman–Crippen MR) is 83.1 cm³/mol. The molecule has 106 valence electrons. The van der Waals surface area contributed by atoms with Gasteiger partial charge in [-0.1, -0.05) is 30.3 Å². The summed E-state index contributed by atoms with van der Waals surface area (Å²) in [7, 11) is -2.13. The van der Waals surface area contributed by atoms with E-state index in [0.29, 0.717) is 0 Å². The molecule has 2 aromatic rings. The molecule has 4 nitrogen and oxygen atoms in total. The molecule has 2 aromatic carbocycles. The Kier molecular flexibility index (Phi) is 4.69. The molecule has 3 N–H and O–H groups in total. The van der Waals surface area contributed by atoms with E-state index in [-0.39, 0.29) is 10.6 Å². The summed E-state index contributed by atoms with van der Waals surface area (Å²) in [6.07, 6.45) is 0. The topological polar surface area (TPSA) is 72.2 Å². The Hall–Kier alpha value is -1.50. The zero-order valence-corrected chi connectivity index (χ0v) is 12.7. The molecule has 0 aliphatic heterocycles. The highest BCUT2D eigenvalue weighted by Gasteiger charge is 2.15. The minimum atomic E-state index is -3.50. The average molecular weight is 308 g/mol. The van der Waals surface area contributed by atoms with Crippen LogP contribution in [0.2, 0.25) is 0 Å². The van der Waals surface area contributed by atoms with Crippen molar-refractivity contribution in [2.75, 3.05) is 12.8 Å². The fourth-order valence-corrected chi connectivity index (χ4v) is 3.45. The van der Waals surface area contributed by atoms with E-state index in [2.05, 4.69) is 16.9 Å². The Balaban J connectivity index is 2.14. The lowest BCUT2D eigenvalue weighted by atomic mass is 10.2. The number of sulfonamides is 1. The van der Waals surface area contributed by atoms with E-state index >= 15 is 0 Å². The highest BCUT2D eigenvalue weighted by molar-refractivity contribution is 7.98. The molecule has 0 saturated heterocycles. The van der Waals surface area contributed by atoms with E-state index in [9.17, 15) is 8.42 Å². The van der Waals surface area contributed by atoms with Gasteiger partial charge in [0.1, 0.15) is 4.90 Å². The monoisotopic (exact) mass is 308 g/mol. The third-order valence-corrected chi connectivity index (χ3v) is 5.34. The van der Waals surface area contributed by atoms with Crippen molar-refractivity contribution < 1.29 is 8.42 Å². The van der Waals surface area contributed by atoms with Crippen molar-refractivity contribution in [2.24, 2.45) is 0 Å². The van der Waals surface area contributed by atoms with E-state index in [1.807, 2.05) is 18.2 Å². The molecule has 0 aromatic heterocycles. The van der Waals surface area contributed by atoms with Crippen molar-refractivity contribution in [2.45, 2.75) is 15.5 Å². The molecule has 0 unspecified atom stereocenters. The fourth-order valence-electron chi connectivity index (χ4n) is 1.71. The number of hydrogen-bond acceptors (Lipinski definition) is 4. The molecular formula is C14H16N2O2S2. The number of rotatable bonds is 5. The fraction of sp³-hybridized carbons (Fsp3) is 0.143. The van der Waals surface area contributed by atoms with Gasteiger partial charge >= 0.3 is 0 Å². The quantitative estimate of drug-likeness (QED) is 0.657. The van der Waals surface area contributed by atoms with Gasteiger partial charge in [0.25, 0.3) is 0 Å². The maximum absolute atomic E-state index is 11.7. The van der Waals surface area contributed by atoms with E-state index in [4.69, 9.17) is 5.73 Å². The molecule has 0 bridgehead atoms. The Labute approximate surface area is 123 Å². The highest BCUT2D eigenvalue weighted by Crippen LogP contribution is 2.28. The Morgan fingerprint density at radius 1 is 1.15 bits per heavy atom. The zero-order chi connectivity index (χ0) is 14.6. The van der Waals surface area contributed by atoms with Gasteiger partial charge in [-0.3, -0.25) is 0 Å². The Morgan fingerprint density at radius 3 is 2.45 bits per heavy atom. The minimum Gasteiger partial charge on any atom is -0.398 e. The summed E-state index contributed by atoms with van der Waals surface area (Å²) in [6, 6.07) is 15.1. The molecule has 0 heterocycles. The van der Waals surface area contributed by atoms with Crippen molar-refractivity contribution in [3.63, 3.8) is 0 Å². The molecule has 6 heteroatoms. The van der Waals surface area contributed by atoms with Crippen molar-refractivity contribution in [1.29, 1.82) is 0 Å². The molecule has 0 spiro atoms. The first kappa shape index (κ1) is 14.9. The summed E-state index contributed by atoms with van der Waals surface area (Å²) in [4.78, 5) is 1.06. The van der Waals surface area contributed by atoms with E-state index in [1.54, 1.807) is 23.9 Å². The standard InChI is InChI=1S/C14H16N2O2S2/c1-16-20(17,18)14-8-7-12(9-13(14)15)19-10-11-5-3-2-4-6-11/h2-9,16H,10,15H2,1H3. The third kappa shape index (κ3) is 3.53. The predicted octanol–water partition coefficient (Wildman–Crippen LogP) is 2.47. The number of nitrogen functional groups attached to an aromatic ring is 1. The van der Waals surface area contributed by atoms with Crippen molar-refractivity contribution >= 4 is 27.5 Å². The maximum Gasteiger partial charge on any atom is 0.242 e. The van der Waals surface area contributed by atoms with E-state index in [1.165, 1.54) is 18.7 Å². The zero-order valence-electron chi connectivity index (χ0n) is 11.0. The van der Waals surface area contributed by atoms with E-state index in [0.717, 1.165) is 10.6 Å². The first-order chi connectivity index (χ1) is 9.53. The highest BCUT2D eigenvalue weighted by atomic mass is 32.2. The van der Waals surface area contributed by atoms with Crippen molar-refractivity contribution in [1.82, 2.24) is 4.72 Å². The Bertz CT molecular complexity index is 686. The summed E-state index contributed by atoms with van der Waals surface area (Å²) in [5.74, 6) is 0.818. The van der Waals surface area contributed by atoms with Gasteiger partial charge in [0.05, 0.1) is 5.69 Å². The third-order valence-electron chi connectivity index (χ3n) is 2.79. The first-order valence-electron chi connectivity index (χ1n) is 6.03. The van der Waals surface area contributed by atoms with Crippen LogP contribution in [-0.4, -0.2) is 15.5 Å². The van der Waals surface area contributed by atoms with Crippen LogP contribution in [0.25, 0.3) is 0 Å². The van der Waals surface area contributed by atoms with Crippen LogP contribution in [0.5, 0.6) is 0 Å². The SMILES string of the molecule is CNS(=O)(=O)c1ccc(SCc2ccccc2)cc1N. The lowest BCUT2D eigenvalue weighted by Crippen LogP contribution is -2.19. The number of benzene rings is 2. The summed E-state index contributed by atoms with van der Waals surface area (Å²) in [6.45, 7) is 0. The van der Waals surface area contributed by atoms with Crippen LogP contribution in [0.3, 0.4) is 0 Å². The molecule has 0 atom stereocenters. The number of thioether (sulfide) groups is 1. The Morgan fingerprint density at radius 2 is 1.85 bits per heavy atom. The second kappa shape index (κ2) is 6.30. The summed E-state index contributed by atoms with van der Waals surface area (Å²) in [5, 5.41) is 0. The molecule has 0 radical (unpaired) electrons. The van der Waals surface area contributed by atoms with Crippen LogP contribution >= 0.6 is 11.8 Å². The number of nitrogens with one attached hydrogen (secondary N) is 1. The summed E-state index contributed by atoms with van der Waals surface area (Å²) < 4.78 is 25.7. The number of anilines is 1. The minimum absolute atomic E-state index is 0.115. The second-order valence-electron chi connectivity index (χ2n) is 4.18. The van der Waals surface area contributed by atoms with Crippen LogP contribution in [-0.2, 0) is 15.8 Å². The molecule has 2 rings (SSSR count). The van der Waals surface area contributed by atoms with Gasteiger partial charge in [0.15, 0.2) is 0 Å². The van der Waals surface area contributed by atoms with Gasteiger partial charge < -0.3 is 5.73 Å². The average Bonchev–Trinajstić information content (AvgIpc) is 2.46. The molecule has 0 fully saturated rings. The molecule has 20 heavy (non-hydrogen) atoms. The van der Waals surface area contributed by atoms with Gasteiger partial charge in [-0.25, -0.2) is 13.1 Å². The van der Waals surface area contributed by atoms with Crippen LogP contribution in [0.4, 0.5) is 5.69 Å². The van der Waals surface area contributed by atoms with Gasteiger partial charge in [-0.2, -0.15) is 0 Å². The first-order valence-corrected chi connectivity index (χ1v) is 8.49. The van der Waals surface area contributed by atoms with Gasteiger partial charge in [-0.05, 0) is 30.8 Å². The second-order valence-corrected chi connectivity index (χ2v) is 7.09. The molecular weight excluding hydrogens is 292 g/mol. The largest absolute Gasteiger partial charge is 0.398 e. The lowest BCUT2D eigenvalue weighted by molar-refractivity contribution is 0.588. The van der Waals surface area contributed by atoms with Gasteiger partial charge in [0, 0.05) is 10.6 Å². The van der Waals surface area contributed by atoms with Crippen molar-refractivity contribution in [3.05, 3.63) is 54.1 Å². The van der Waals surface area contributed by atoms with E-state index < -0.39 is 10.0 Å². The van der Waals surface area contributed by atoms with Crippen molar-refractivity contribution in [3.8, 4) is 0 Å². The summed E-state index contributed by atoms with van der Waals surface area (Å²) >= 11 is 1.62. The van der Waals surface area contributed by atoms with Gasteiger partial charge in [0.2, 0.25) is 10.0 Å². The number of nitrogens with two attached hydrogens (primary N) is 1. The smallest absolute Gasteiger partial charge is 0.242 e. The van der Waals surface area contributed by atoms with Crippen LogP contribution in [0, 0.1) is 0 Å². The molecule has 0 aliphatic rings. The normalized spacial score (nSPS) is 11.4. The molecule has 0 amide bonds. The van der Waals surface area contributed by atoms with Crippen LogP contribution in [0.15, 0.2) is 58.3 Å². The van der Waals surface area contributed by atoms with Crippen LogP contribution in [0.1, 0.15) is 5.56 Å². The number of hydrogen-bond donors (Lipinski definition) is 2. The maximum atomic E-state index is 11.7. The summed E-state index contributed by atoms with van der Waals surface area (Å²) in [5.41, 5.74) is 7.29. The lowest BCUT2D eigenvalue weighted by Gasteiger charge is -2.08. The molecule has 0 saturated carbocycles. The molecule has 0 aliphatic carbocycles.